The van der Waals surface area contributed by atoms with Crippen LogP contribution in [0.4, 0.5) is 15.9 Å². The Labute approximate surface area is 79.1 Å². The van der Waals surface area contributed by atoms with E-state index in [1.54, 1.807) is 0 Å². The van der Waals surface area contributed by atoms with Crippen molar-refractivity contribution in [2.45, 2.75) is 0 Å². The van der Waals surface area contributed by atoms with Crippen LogP contribution in [0.2, 0.25) is 0 Å². The summed E-state index contributed by atoms with van der Waals surface area (Å²) in [7, 11) is 0. The van der Waals surface area contributed by atoms with Gasteiger partial charge in [0.2, 0.25) is 11.8 Å². The molecule has 0 bridgehead atoms. The summed E-state index contributed by atoms with van der Waals surface area (Å²) < 4.78 is 12.6. The molecule has 1 rings (SSSR count). The van der Waals surface area contributed by atoms with Gasteiger partial charge in [-0.1, -0.05) is 5.92 Å². The maximum Gasteiger partial charge on any atom is 0.311 e. The molecule has 0 saturated heterocycles. The summed E-state index contributed by atoms with van der Waals surface area (Å²) in [6, 6.07) is 1.94. The van der Waals surface area contributed by atoms with Gasteiger partial charge < -0.3 is 5.32 Å². The zero-order valence-corrected chi connectivity index (χ0v) is 7.03. The van der Waals surface area contributed by atoms with Crippen LogP contribution in [0.15, 0.2) is 12.1 Å². The maximum absolute atomic E-state index is 12.6. The molecule has 1 N–H and O–H groups in total. The van der Waals surface area contributed by atoms with E-state index in [1.807, 2.05) is 0 Å². The average molecular weight is 195 g/mol. The highest BCUT2D eigenvalue weighted by Crippen LogP contribution is 2.20. The van der Waals surface area contributed by atoms with Crippen molar-refractivity contribution in [2.24, 2.45) is 0 Å². The molecule has 0 unspecified atom stereocenters. The second-order valence-electron chi connectivity index (χ2n) is 2.32. The van der Waals surface area contributed by atoms with E-state index in [0.717, 1.165) is 12.1 Å². The van der Waals surface area contributed by atoms with Crippen molar-refractivity contribution >= 4 is 11.5 Å². The summed E-state index contributed by atoms with van der Waals surface area (Å²) in [6.45, 7) is 0.0529. The Hall–Kier alpha value is -2.16. The number of nitrogens with one attached hydrogen (secondary N) is 1. The predicted molar refractivity (Wildman–Crippen MR) is 48.2 cm³/mol. The van der Waals surface area contributed by atoms with Gasteiger partial charge in [-0.15, -0.1) is 6.42 Å². The Morgan fingerprint density at radius 3 is 3.00 bits per heavy atom. The van der Waals surface area contributed by atoms with Gasteiger partial charge in [0.25, 0.3) is 0 Å². The molecule has 0 amide bonds. The number of rotatable bonds is 3. The van der Waals surface area contributed by atoms with Crippen LogP contribution in [0.3, 0.4) is 0 Å². The molecule has 0 spiro atoms. The van der Waals surface area contributed by atoms with Crippen molar-refractivity contribution in [3.63, 3.8) is 0 Å². The van der Waals surface area contributed by atoms with E-state index in [-0.39, 0.29) is 18.1 Å². The van der Waals surface area contributed by atoms with Gasteiger partial charge in [-0.25, -0.2) is 0 Å². The molecule has 0 aliphatic carbocycles. The fraction of sp³-hybridized carbons (Fsp3) is 0.125. The van der Waals surface area contributed by atoms with Crippen molar-refractivity contribution in [1.82, 2.24) is 4.98 Å². The van der Waals surface area contributed by atoms with E-state index in [2.05, 4.69) is 16.2 Å². The molecule has 0 aliphatic heterocycles. The van der Waals surface area contributed by atoms with Gasteiger partial charge in [0.1, 0.15) is 0 Å². The summed E-state index contributed by atoms with van der Waals surface area (Å²) in [5.74, 6) is 1.25. The molecule has 0 aromatic carbocycles. The highest BCUT2D eigenvalue weighted by atomic mass is 19.1. The van der Waals surface area contributed by atoms with Crippen LogP contribution in [0.5, 0.6) is 0 Å². The summed E-state index contributed by atoms with van der Waals surface area (Å²) in [5.41, 5.74) is -0.304. The topological polar surface area (TPSA) is 68.1 Å². The Morgan fingerprint density at radius 2 is 2.43 bits per heavy atom. The van der Waals surface area contributed by atoms with E-state index < -0.39 is 10.9 Å². The molecule has 0 radical (unpaired) electrons. The number of nitro groups is 1. The minimum absolute atomic E-state index is 0.0529. The van der Waals surface area contributed by atoms with Crippen LogP contribution >= 0.6 is 0 Å². The second kappa shape index (κ2) is 4.18. The van der Waals surface area contributed by atoms with Crippen LogP contribution in [0.1, 0.15) is 0 Å². The lowest BCUT2D eigenvalue weighted by Gasteiger charge is -2.01. The van der Waals surface area contributed by atoms with Crippen LogP contribution in [0, 0.1) is 28.4 Å². The first-order chi connectivity index (χ1) is 6.65. The zero-order chi connectivity index (χ0) is 10.6. The SMILES string of the molecule is C#CCNc1nc(F)ccc1[N+](=O)[O-]. The number of aromatic nitrogens is 1. The number of pyridine rings is 1. The number of halogens is 1. The van der Waals surface area contributed by atoms with E-state index in [0.29, 0.717) is 0 Å². The Kier molecular flexibility index (Phi) is 2.97. The average Bonchev–Trinajstić information content (AvgIpc) is 2.14. The molecule has 1 aromatic rings. The summed E-state index contributed by atoms with van der Waals surface area (Å²) in [6.07, 6.45) is 4.94. The van der Waals surface area contributed by atoms with E-state index >= 15 is 0 Å². The monoisotopic (exact) mass is 195 g/mol. The smallest absolute Gasteiger partial charge is 0.311 e. The number of terminal acetylenes is 1. The molecule has 1 heterocycles. The van der Waals surface area contributed by atoms with Gasteiger partial charge in [0.15, 0.2) is 0 Å². The molecule has 0 atom stereocenters. The molecule has 0 aliphatic rings. The second-order valence-corrected chi connectivity index (χ2v) is 2.32. The molecule has 5 nitrogen and oxygen atoms in total. The summed E-state index contributed by atoms with van der Waals surface area (Å²) in [5, 5.41) is 12.9. The Bertz CT molecular complexity index is 400. The standard InChI is InChI=1S/C8H6FN3O2/c1-2-5-10-8-6(12(13)14)3-4-7(9)11-8/h1,3-4H,5H2,(H,10,11). The van der Waals surface area contributed by atoms with Crippen molar-refractivity contribution in [3.8, 4) is 12.3 Å². The highest BCUT2D eigenvalue weighted by molar-refractivity contribution is 5.55. The fourth-order valence-corrected chi connectivity index (χ4v) is 0.840. The largest absolute Gasteiger partial charge is 0.353 e. The first-order valence-corrected chi connectivity index (χ1v) is 3.63. The van der Waals surface area contributed by atoms with Crippen molar-refractivity contribution in [3.05, 3.63) is 28.2 Å². The van der Waals surface area contributed by atoms with Crippen LogP contribution in [-0.2, 0) is 0 Å². The minimum Gasteiger partial charge on any atom is -0.353 e. The van der Waals surface area contributed by atoms with Gasteiger partial charge in [0, 0.05) is 12.1 Å². The van der Waals surface area contributed by atoms with E-state index in [1.165, 1.54) is 0 Å². The molecular weight excluding hydrogens is 189 g/mol. The highest BCUT2D eigenvalue weighted by Gasteiger charge is 2.14. The first-order valence-electron chi connectivity index (χ1n) is 3.63. The van der Waals surface area contributed by atoms with Crippen molar-refractivity contribution in [1.29, 1.82) is 0 Å². The number of nitrogens with zero attached hydrogens (tertiary/aromatic N) is 2. The van der Waals surface area contributed by atoms with Gasteiger partial charge in [-0.2, -0.15) is 9.37 Å². The lowest BCUT2D eigenvalue weighted by molar-refractivity contribution is -0.384. The molecule has 1 aromatic heterocycles. The van der Waals surface area contributed by atoms with E-state index in [4.69, 9.17) is 6.42 Å². The molecule has 0 saturated carbocycles. The molecule has 72 valence electrons. The lowest BCUT2D eigenvalue weighted by Crippen LogP contribution is -2.05. The third kappa shape index (κ3) is 2.17. The maximum atomic E-state index is 12.6. The van der Waals surface area contributed by atoms with Crippen molar-refractivity contribution in [2.75, 3.05) is 11.9 Å². The Balaban J connectivity index is 3.04. The Morgan fingerprint density at radius 1 is 1.71 bits per heavy atom. The summed E-state index contributed by atoms with van der Waals surface area (Å²) >= 11 is 0. The van der Waals surface area contributed by atoms with Crippen molar-refractivity contribution < 1.29 is 9.31 Å². The minimum atomic E-state index is -0.796. The first kappa shape index (κ1) is 9.92. The molecule has 14 heavy (non-hydrogen) atoms. The number of anilines is 1. The third-order valence-electron chi connectivity index (χ3n) is 1.39. The lowest BCUT2D eigenvalue weighted by atomic mass is 10.4. The summed E-state index contributed by atoms with van der Waals surface area (Å²) in [4.78, 5) is 13.1. The normalized spacial score (nSPS) is 9.14. The quantitative estimate of drug-likeness (QED) is 0.340. The number of hydrogen-bond donors (Lipinski definition) is 1. The fourth-order valence-electron chi connectivity index (χ4n) is 0.840. The van der Waals surface area contributed by atoms with Crippen LogP contribution in [-0.4, -0.2) is 16.5 Å². The molecule has 6 heteroatoms. The third-order valence-corrected chi connectivity index (χ3v) is 1.39. The number of hydrogen-bond acceptors (Lipinski definition) is 4. The molecule has 0 fully saturated rings. The molecular formula is C8H6FN3O2. The van der Waals surface area contributed by atoms with Gasteiger partial charge in [-0.3, -0.25) is 10.1 Å². The van der Waals surface area contributed by atoms with E-state index in [9.17, 15) is 14.5 Å². The predicted octanol–water partition coefficient (Wildman–Crippen LogP) is 1.17. The van der Waals surface area contributed by atoms with Crippen LogP contribution in [0.25, 0.3) is 0 Å². The van der Waals surface area contributed by atoms with Gasteiger partial charge in [0.05, 0.1) is 11.5 Å². The van der Waals surface area contributed by atoms with Gasteiger partial charge >= 0.3 is 5.69 Å². The van der Waals surface area contributed by atoms with Gasteiger partial charge in [-0.05, 0) is 0 Å². The van der Waals surface area contributed by atoms with Crippen LogP contribution < -0.4 is 5.32 Å². The zero-order valence-electron chi connectivity index (χ0n) is 7.03.